The SMILES string of the molecule is C=C(CCC(=O)N1N=CCC1c1cccc(Cl)c1Cl)Cn1ncc2cc(C#N)ccc21. The lowest BCUT2D eigenvalue weighted by atomic mass is 10.0. The molecule has 8 heteroatoms. The largest absolute Gasteiger partial charge is 0.273 e. The van der Waals surface area contributed by atoms with Crippen LogP contribution in [0, 0.1) is 11.3 Å². The highest BCUT2D eigenvalue weighted by molar-refractivity contribution is 6.42. The molecule has 0 saturated carbocycles. The van der Waals surface area contributed by atoms with E-state index in [2.05, 4.69) is 22.8 Å². The Labute approximate surface area is 190 Å². The van der Waals surface area contributed by atoms with Crippen LogP contribution in [0.3, 0.4) is 0 Å². The summed E-state index contributed by atoms with van der Waals surface area (Å²) >= 11 is 12.5. The maximum Gasteiger partial charge on any atom is 0.243 e. The number of carbonyl (C=O) groups excluding carboxylic acids is 1. The van der Waals surface area contributed by atoms with Crippen LogP contribution in [0.2, 0.25) is 10.0 Å². The van der Waals surface area contributed by atoms with Crippen molar-refractivity contribution >= 4 is 46.2 Å². The number of nitriles is 1. The molecule has 2 heterocycles. The van der Waals surface area contributed by atoms with Crippen molar-refractivity contribution in [2.75, 3.05) is 0 Å². The lowest BCUT2D eigenvalue weighted by Gasteiger charge is -2.23. The molecule has 0 saturated heterocycles. The smallest absolute Gasteiger partial charge is 0.243 e. The molecule has 1 atom stereocenters. The first-order chi connectivity index (χ1) is 15.0. The molecule has 1 amide bonds. The third kappa shape index (κ3) is 4.34. The Balaban J connectivity index is 1.39. The highest BCUT2D eigenvalue weighted by atomic mass is 35.5. The van der Waals surface area contributed by atoms with Crippen molar-refractivity contribution < 1.29 is 4.79 Å². The van der Waals surface area contributed by atoms with Crippen LogP contribution in [0.5, 0.6) is 0 Å². The van der Waals surface area contributed by atoms with E-state index < -0.39 is 0 Å². The summed E-state index contributed by atoms with van der Waals surface area (Å²) in [6.45, 7) is 4.61. The lowest BCUT2D eigenvalue weighted by molar-refractivity contribution is -0.133. The first-order valence-electron chi connectivity index (χ1n) is 9.78. The molecule has 1 unspecified atom stereocenters. The van der Waals surface area contributed by atoms with Crippen molar-refractivity contribution in [1.29, 1.82) is 5.26 Å². The van der Waals surface area contributed by atoms with E-state index in [4.69, 9.17) is 28.5 Å². The predicted molar refractivity (Wildman–Crippen MR) is 122 cm³/mol. The monoisotopic (exact) mass is 451 g/mol. The molecule has 6 nitrogen and oxygen atoms in total. The van der Waals surface area contributed by atoms with Crippen LogP contribution >= 0.6 is 23.2 Å². The van der Waals surface area contributed by atoms with Crippen molar-refractivity contribution in [3.63, 3.8) is 0 Å². The lowest BCUT2D eigenvalue weighted by Crippen LogP contribution is -2.27. The number of hydrogen-bond donors (Lipinski definition) is 0. The first-order valence-corrected chi connectivity index (χ1v) is 10.5. The quantitative estimate of drug-likeness (QED) is 0.463. The molecule has 156 valence electrons. The molecule has 0 fully saturated rings. The predicted octanol–water partition coefficient (Wildman–Crippen LogP) is 5.51. The second-order valence-corrected chi connectivity index (χ2v) is 8.15. The Morgan fingerprint density at radius 2 is 2.10 bits per heavy atom. The summed E-state index contributed by atoms with van der Waals surface area (Å²) in [6.07, 6.45) is 4.84. The van der Waals surface area contributed by atoms with Crippen LogP contribution in [0.15, 0.2) is 59.8 Å². The summed E-state index contributed by atoms with van der Waals surface area (Å²) in [7, 11) is 0. The van der Waals surface area contributed by atoms with Crippen LogP contribution < -0.4 is 0 Å². The van der Waals surface area contributed by atoms with E-state index in [9.17, 15) is 4.79 Å². The van der Waals surface area contributed by atoms with Gasteiger partial charge in [-0.3, -0.25) is 9.48 Å². The van der Waals surface area contributed by atoms with Gasteiger partial charge in [0, 0.05) is 24.4 Å². The van der Waals surface area contributed by atoms with Gasteiger partial charge in [-0.1, -0.05) is 47.5 Å². The maximum absolute atomic E-state index is 12.9. The van der Waals surface area contributed by atoms with Gasteiger partial charge in [-0.2, -0.15) is 15.5 Å². The molecule has 31 heavy (non-hydrogen) atoms. The number of carbonyl (C=O) groups is 1. The average Bonchev–Trinajstić information content (AvgIpc) is 3.41. The number of hydrogen-bond acceptors (Lipinski definition) is 4. The molecule has 1 aliphatic heterocycles. The third-order valence-corrected chi connectivity index (χ3v) is 6.10. The molecular weight excluding hydrogens is 433 g/mol. The highest BCUT2D eigenvalue weighted by Crippen LogP contribution is 2.36. The molecule has 0 bridgehead atoms. The fourth-order valence-electron chi connectivity index (χ4n) is 3.66. The topological polar surface area (TPSA) is 74.3 Å². The van der Waals surface area contributed by atoms with E-state index in [0.29, 0.717) is 35.0 Å². The van der Waals surface area contributed by atoms with E-state index in [-0.39, 0.29) is 18.4 Å². The minimum atomic E-state index is -0.253. The number of amides is 1. The molecule has 4 rings (SSSR count). The Morgan fingerprint density at radius 1 is 1.26 bits per heavy atom. The van der Waals surface area contributed by atoms with Crippen LogP contribution in [-0.2, 0) is 11.3 Å². The average molecular weight is 452 g/mol. The van der Waals surface area contributed by atoms with E-state index in [1.807, 2.05) is 22.9 Å². The van der Waals surface area contributed by atoms with Crippen LogP contribution in [0.25, 0.3) is 10.9 Å². The van der Waals surface area contributed by atoms with Crippen LogP contribution in [0.1, 0.15) is 36.4 Å². The summed E-state index contributed by atoms with van der Waals surface area (Å²) in [4.78, 5) is 12.9. The van der Waals surface area contributed by atoms with E-state index >= 15 is 0 Å². The van der Waals surface area contributed by atoms with Gasteiger partial charge in [0.15, 0.2) is 0 Å². The molecule has 0 spiro atoms. The summed E-state index contributed by atoms with van der Waals surface area (Å²) in [5, 5.41) is 21.0. The maximum atomic E-state index is 12.9. The fourth-order valence-corrected chi connectivity index (χ4v) is 4.10. The number of aromatic nitrogens is 2. The fraction of sp³-hybridized carbons (Fsp3) is 0.217. The minimum absolute atomic E-state index is 0.0973. The van der Waals surface area contributed by atoms with Gasteiger partial charge in [0.05, 0.1) is 46.0 Å². The number of nitrogens with zero attached hydrogens (tertiary/aromatic N) is 5. The molecule has 1 aromatic heterocycles. The number of allylic oxidation sites excluding steroid dienone is 1. The number of fused-ring (bicyclic) bond motifs is 1. The summed E-state index contributed by atoms with van der Waals surface area (Å²) < 4.78 is 1.83. The Morgan fingerprint density at radius 3 is 2.90 bits per heavy atom. The Kier molecular flexibility index (Phi) is 6.08. The van der Waals surface area contributed by atoms with Crippen molar-refractivity contribution in [2.45, 2.75) is 31.8 Å². The molecule has 3 aromatic rings. The van der Waals surface area contributed by atoms with Crippen molar-refractivity contribution in [3.8, 4) is 6.07 Å². The normalized spacial score (nSPS) is 15.4. The van der Waals surface area contributed by atoms with Crippen molar-refractivity contribution in [3.05, 3.63) is 75.9 Å². The number of halogens is 2. The second kappa shape index (κ2) is 8.93. The summed E-state index contributed by atoms with van der Waals surface area (Å²) in [5.41, 5.74) is 3.19. The molecule has 0 aliphatic carbocycles. The highest BCUT2D eigenvalue weighted by Gasteiger charge is 2.29. The molecule has 1 aliphatic rings. The van der Waals surface area contributed by atoms with Gasteiger partial charge in [0.2, 0.25) is 5.91 Å². The van der Waals surface area contributed by atoms with Gasteiger partial charge >= 0.3 is 0 Å². The van der Waals surface area contributed by atoms with Gasteiger partial charge in [-0.05, 0) is 36.2 Å². The first kappa shape index (κ1) is 21.1. The van der Waals surface area contributed by atoms with Crippen molar-refractivity contribution in [1.82, 2.24) is 14.8 Å². The van der Waals surface area contributed by atoms with Gasteiger partial charge in [-0.25, -0.2) is 5.01 Å². The van der Waals surface area contributed by atoms with E-state index in [1.54, 1.807) is 30.6 Å². The summed E-state index contributed by atoms with van der Waals surface area (Å²) in [5.74, 6) is -0.0973. The molecule has 2 aromatic carbocycles. The van der Waals surface area contributed by atoms with Gasteiger partial charge in [0.25, 0.3) is 0 Å². The molecule has 0 N–H and O–H groups in total. The van der Waals surface area contributed by atoms with E-state index in [0.717, 1.165) is 22.0 Å². The van der Waals surface area contributed by atoms with Crippen molar-refractivity contribution in [2.24, 2.45) is 5.10 Å². The zero-order chi connectivity index (χ0) is 22.0. The van der Waals surface area contributed by atoms with Gasteiger partial charge in [0.1, 0.15) is 0 Å². The van der Waals surface area contributed by atoms with E-state index in [1.165, 1.54) is 5.01 Å². The zero-order valence-corrected chi connectivity index (χ0v) is 18.1. The molecular formula is C23H19Cl2N5O. The number of benzene rings is 2. The van der Waals surface area contributed by atoms with Gasteiger partial charge < -0.3 is 0 Å². The molecule has 0 radical (unpaired) electrons. The third-order valence-electron chi connectivity index (χ3n) is 5.26. The number of rotatable bonds is 6. The van der Waals surface area contributed by atoms with Crippen LogP contribution in [0.4, 0.5) is 0 Å². The zero-order valence-electron chi connectivity index (χ0n) is 16.6. The number of hydrazone groups is 1. The Hall–Kier alpha value is -3.14. The minimum Gasteiger partial charge on any atom is -0.273 e. The standard InChI is InChI=1S/C23H19Cl2N5O/c1-15(14-29-20-7-6-16(12-26)11-17(20)13-28-29)5-8-22(31)30-21(9-10-27-30)18-3-2-4-19(24)23(18)25/h2-4,6-7,10-11,13,21H,1,5,8-9,14H2. The second-order valence-electron chi connectivity index (χ2n) is 7.37. The Bertz CT molecular complexity index is 1240. The van der Waals surface area contributed by atoms with Gasteiger partial charge in [-0.15, -0.1) is 0 Å². The summed E-state index contributed by atoms with van der Waals surface area (Å²) in [6, 6.07) is 12.7. The van der Waals surface area contributed by atoms with Crippen LogP contribution in [-0.4, -0.2) is 26.9 Å².